The first-order valence-corrected chi connectivity index (χ1v) is 15.2. The molecule has 8 rings (SSSR count). The number of hydrogen-bond acceptors (Lipinski definition) is 1. The van der Waals surface area contributed by atoms with Crippen molar-refractivity contribution in [1.82, 2.24) is 0 Å². The normalized spacial score (nSPS) is 14.4. The Labute approximate surface area is 251 Å². The van der Waals surface area contributed by atoms with E-state index < -0.39 is 5.41 Å². The van der Waals surface area contributed by atoms with E-state index in [0.717, 1.165) is 0 Å². The summed E-state index contributed by atoms with van der Waals surface area (Å²) in [6.07, 6.45) is 8.31. The maximum Gasteiger partial charge on any atom is 0.0719 e. The zero-order valence-electron chi connectivity index (χ0n) is 23.1. The van der Waals surface area contributed by atoms with Gasteiger partial charge in [0.2, 0.25) is 0 Å². The van der Waals surface area contributed by atoms with Gasteiger partial charge in [-0.15, -0.1) is 0 Å². The zero-order valence-corrected chi connectivity index (χ0v) is 23.9. The molecule has 1 aliphatic heterocycles. The highest BCUT2D eigenvalue weighted by atomic mass is 32.2. The summed E-state index contributed by atoms with van der Waals surface area (Å²) in [6, 6.07) is 49.2. The molecule has 0 nitrogen and oxygen atoms in total. The van der Waals surface area contributed by atoms with Crippen molar-refractivity contribution < 1.29 is 0 Å². The maximum absolute atomic E-state index is 3.95. The van der Waals surface area contributed by atoms with Crippen LogP contribution in [-0.4, -0.2) is 0 Å². The Hall–Kier alpha value is -4.85. The summed E-state index contributed by atoms with van der Waals surface area (Å²) < 4.78 is 0. The summed E-state index contributed by atoms with van der Waals surface area (Å²) in [5.41, 5.74) is 11.1. The van der Waals surface area contributed by atoms with Gasteiger partial charge in [-0.1, -0.05) is 164 Å². The van der Waals surface area contributed by atoms with Gasteiger partial charge in [0.1, 0.15) is 0 Å². The minimum absolute atomic E-state index is 0.481. The number of hydrogen-bond donors (Lipinski definition) is 0. The van der Waals surface area contributed by atoms with Crippen molar-refractivity contribution in [2.24, 2.45) is 0 Å². The summed E-state index contributed by atoms with van der Waals surface area (Å²) in [5.74, 6) is 0. The Kier molecular flexibility index (Phi) is 5.87. The molecule has 0 radical (unpaired) electrons. The van der Waals surface area contributed by atoms with Crippen LogP contribution in [0.25, 0.3) is 38.6 Å². The fraction of sp³-hybridized carbons (Fsp3) is 0.0244. The summed E-state index contributed by atoms with van der Waals surface area (Å²) in [4.78, 5) is 2.61. The van der Waals surface area contributed by atoms with E-state index in [4.69, 9.17) is 0 Å². The van der Waals surface area contributed by atoms with Crippen LogP contribution >= 0.6 is 11.8 Å². The molecular weight excluding hydrogens is 525 g/mol. The van der Waals surface area contributed by atoms with Crippen molar-refractivity contribution >= 4 is 28.1 Å². The second kappa shape index (κ2) is 9.91. The third-order valence-electron chi connectivity index (χ3n) is 8.74. The van der Waals surface area contributed by atoms with E-state index in [-0.39, 0.29) is 0 Å². The van der Waals surface area contributed by atoms with Gasteiger partial charge in [0.25, 0.3) is 0 Å². The monoisotopic (exact) mass is 552 g/mol. The predicted octanol–water partition coefficient (Wildman–Crippen LogP) is 11.1. The summed E-state index contributed by atoms with van der Waals surface area (Å²) >= 11 is 1.88. The number of rotatable bonds is 5. The van der Waals surface area contributed by atoms with E-state index in [1.165, 1.54) is 70.6 Å². The Balaban J connectivity index is 1.43. The second-order valence-electron chi connectivity index (χ2n) is 10.9. The molecule has 198 valence electrons. The van der Waals surface area contributed by atoms with Gasteiger partial charge < -0.3 is 0 Å². The number of benzene rings is 6. The van der Waals surface area contributed by atoms with Gasteiger partial charge in [-0.3, -0.25) is 0 Å². The van der Waals surface area contributed by atoms with E-state index in [2.05, 4.69) is 152 Å². The molecule has 1 aliphatic carbocycles. The highest BCUT2D eigenvalue weighted by molar-refractivity contribution is 7.99. The Morgan fingerprint density at radius 1 is 0.571 bits per heavy atom. The molecule has 0 fully saturated rings. The fourth-order valence-electron chi connectivity index (χ4n) is 7.08. The van der Waals surface area contributed by atoms with Gasteiger partial charge in [0.05, 0.1) is 5.41 Å². The van der Waals surface area contributed by atoms with Crippen LogP contribution in [0.4, 0.5) is 0 Å². The van der Waals surface area contributed by atoms with Gasteiger partial charge in [0.15, 0.2) is 0 Å². The molecule has 0 unspecified atom stereocenters. The van der Waals surface area contributed by atoms with Crippen molar-refractivity contribution in [2.75, 3.05) is 0 Å². The molecule has 0 aromatic heterocycles. The zero-order chi connectivity index (χ0) is 28.1. The first kappa shape index (κ1) is 24.9. The van der Waals surface area contributed by atoms with Crippen molar-refractivity contribution in [3.8, 4) is 22.3 Å². The smallest absolute Gasteiger partial charge is 0.0719 e. The van der Waals surface area contributed by atoms with Crippen LogP contribution in [0.3, 0.4) is 0 Å². The molecule has 1 heterocycles. The van der Waals surface area contributed by atoms with E-state index in [0.29, 0.717) is 0 Å². The van der Waals surface area contributed by atoms with E-state index in [1.807, 2.05) is 23.9 Å². The van der Waals surface area contributed by atoms with Crippen molar-refractivity contribution in [1.29, 1.82) is 0 Å². The van der Waals surface area contributed by atoms with E-state index in [9.17, 15) is 0 Å². The molecule has 0 bridgehead atoms. The third-order valence-corrected chi connectivity index (χ3v) is 9.86. The van der Waals surface area contributed by atoms with Gasteiger partial charge in [0, 0.05) is 15.2 Å². The SMILES string of the molecule is C=C/C=C\C=C(/c1ccc2c(c1)Sc1cccc3cccc-2c13)C1(c2ccccc2)c2ccccc2-c2ccccc21. The van der Waals surface area contributed by atoms with Gasteiger partial charge in [-0.05, 0) is 67.6 Å². The average Bonchev–Trinajstić information content (AvgIpc) is 3.35. The molecule has 0 saturated carbocycles. The van der Waals surface area contributed by atoms with Gasteiger partial charge >= 0.3 is 0 Å². The molecule has 0 spiro atoms. The first-order chi connectivity index (χ1) is 20.8. The lowest BCUT2D eigenvalue weighted by Gasteiger charge is -2.36. The van der Waals surface area contributed by atoms with Crippen LogP contribution in [0.1, 0.15) is 22.3 Å². The van der Waals surface area contributed by atoms with Crippen molar-refractivity contribution in [3.05, 3.63) is 187 Å². The van der Waals surface area contributed by atoms with Gasteiger partial charge in [-0.2, -0.15) is 0 Å². The number of allylic oxidation sites excluding steroid dienone is 5. The standard InChI is InChI=1S/C41H28S/c1-2-3-5-21-35(29-25-26-33-34-20-12-14-28-15-13-24-38(40(28)34)42-39(33)27-29)41(30-16-6-4-7-17-30)36-22-10-8-18-31(36)32-19-9-11-23-37(32)41/h2-27H,1H2/b5-3-,35-21+. The molecule has 0 saturated heterocycles. The highest BCUT2D eigenvalue weighted by Crippen LogP contribution is 2.59. The highest BCUT2D eigenvalue weighted by Gasteiger charge is 2.47. The van der Waals surface area contributed by atoms with E-state index in [1.54, 1.807) is 0 Å². The molecular formula is C41H28S. The molecule has 42 heavy (non-hydrogen) atoms. The predicted molar refractivity (Wildman–Crippen MR) is 179 cm³/mol. The summed E-state index contributed by atoms with van der Waals surface area (Å²) in [6.45, 7) is 3.95. The van der Waals surface area contributed by atoms with Crippen molar-refractivity contribution in [2.45, 2.75) is 15.2 Å². The number of fused-ring (bicyclic) bond motifs is 5. The maximum atomic E-state index is 3.95. The van der Waals surface area contributed by atoms with Crippen LogP contribution in [0.5, 0.6) is 0 Å². The van der Waals surface area contributed by atoms with Crippen LogP contribution in [0.15, 0.2) is 174 Å². The van der Waals surface area contributed by atoms with Crippen LogP contribution in [0.2, 0.25) is 0 Å². The van der Waals surface area contributed by atoms with Crippen LogP contribution in [0, 0.1) is 0 Å². The lowest BCUT2D eigenvalue weighted by atomic mass is 9.65. The van der Waals surface area contributed by atoms with Crippen molar-refractivity contribution in [3.63, 3.8) is 0 Å². The summed E-state index contributed by atoms with van der Waals surface area (Å²) in [5, 5.41) is 2.65. The largest absolute Gasteiger partial charge is 0.0991 e. The third kappa shape index (κ3) is 3.57. The molecule has 6 aromatic rings. The van der Waals surface area contributed by atoms with E-state index >= 15 is 0 Å². The molecule has 2 aliphatic rings. The van der Waals surface area contributed by atoms with Gasteiger partial charge in [-0.25, -0.2) is 0 Å². The Bertz CT molecular complexity index is 2030. The molecule has 0 amide bonds. The minimum atomic E-state index is -0.481. The Morgan fingerprint density at radius 2 is 1.24 bits per heavy atom. The first-order valence-electron chi connectivity index (χ1n) is 14.4. The second-order valence-corrected chi connectivity index (χ2v) is 12.0. The molecule has 0 atom stereocenters. The topological polar surface area (TPSA) is 0 Å². The Morgan fingerprint density at radius 3 is 1.98 bits per heavy atom. The van der Waals surface area contributed by atoms with Crippen LogP contribution < -0.4 is 0 Å². The molecule has 1 heteroatoms. The lowest BCUT2D eigenvalue weighted by molar-refractivity contribution is 0.827. The quantitative estimate of drug-likeness (QED) is 0.191. The molecule has 6 aromatic carbocycles. The fourth-order valence-corrected chi connectivity index (χ4v) is 8.27. The lowest BCUT2D eigenvalue weighted by Crippen LogP contribution is -2.29. The van der Waals surface area contributed by atoms with Crippen LogP contribution in [-0.2, 0) is 5.41 Å². The average molecular weight is 553 g/mol. The minimum Gasteiger partial charge on any atom is -0.0991 e. The summed E-state index contributed by atoms with van der Waals surface area (Å²) in [7, 11) is 0. The molecule has 0 N–H and O–H groups in total.